The van der Waals surface area contributed by atoms with E-state index in [1.54, 1.807) is 18.4 Å². The molecular formula is C13H9BrN2O2S. The van der Waals surface area contributed by atoms with Crippen LogP contribution in [0, 0.1) is 0 Å². The van der Waals surface area contributed by atoms with Gasteiger partial charge in [-0.1, -0.05) is 11.2 Å². The molecule has 0 aliphatic carbocycles. The number of thiophene rings is 1. The van der Waals surface area contributed by atoms with Gasteiger partial charge in [0.05, 0.1) is 17.6 Å². The van der Waals surface area contributed by atoms with Crippen LogP contribution in [0.25, 0.3) is 22.2 Å². The van der Waals surface area contributed by atoms with E-state index in [-0.39, 0.29) is 0 Å². The summed E-state index contributed by atoms with van der Waals surface area (Å²) in [5.74, 6) is 1.81. The van der Waals surface area contributed by atoms with Crippen molar-refractivity contribution in [3.8, 4) is 27.9 Å². The van der Waals surface area contributed by atoms with Crippen LogP contribution in [0.2, 0.25) is 0 Å². The number of methoxy groups -OCH3 is 1. The Kier molecular flexibility index (Phi) is 3.35. The van der Waals surface area contributed by atoms with Gasteiger partial charge in [0.1, 0.15) is 5.75 Å². The van der Waals surface area contributed by atoms with E-state index in [1.807, 2.05) is 35.7 Å². The van der Waals surface area contributed by atoms with Crippen molar-refractivity contribution in [3.05, 3.63) is 40.2 Å². The van der Waals surface area contributed by atoms with Gasteiger partial charge in [0.15, 0.2) is 0 Å². The summed E-state index contributed by atoms with van der Waals surface area (Å²) in [7, 11) is 1.62. The quantitative estimate of drug-likeness (QED) is 0.717. The van der Waals surface area contributed by atoms with E-state index >= 15 is 0 Å². The van der Waals surface area contributed by atoms with Gasteiger partial charge in [-0.15, -0.1) is 11.3 Å². The van der Waals surface area contributed by atoms with Crippen LogP contribution >= 0.6 is 27.3 Å². The summed E-state index contributed by atoms with van der Waals surface area (Å²) < 4.78 is 11.4. The zero-order chi connectivity index (χ0) is 13.2. The molecule has 0 amide bonds. The molecular weight excluding hydrogens is 328 g/mol. The third-order valence-corrected chi connectivity index (χ3v) is 4.13. The lowest BCUT2D eigenvalue weighted by atomic mass is 10.2. The number of aromatic nitrogens is 2. The topological polar surface area (TPSA) is 48.2 Å². The molecule has 4 nitrogen and oxygen atoms in total. The van der Waals surface area contributed by atoms with E-state index in [2.05, 4.69) is 26.1 Å². The Labute approximate surface area is 122 Å². The molecule has 6 heteroatoms. The standard InChI is InChI=1S/C13H9BrN2O2S/c1-17-8-4-5-10(14)9(7-8)13-15-12(16-18-13)11-3-2-6-19-11/h2-7H,1H3. The number of ether oxygens (including phenoxy) is 1. The Morgan fingerprint density at radius 3 is 2.95 bits per heavy atom. The first-order valence-corrected chi connectivity index (χ1v) is 7.16. The summed E-state index contributed by atoms with van der Waals surface area (Å²) in [6.45, 7) is 0. The lowest BCUT2D eigenvalue weighted by Crippen LogP contribution is -1.85. The molecule has 0 aliphatic heterocycles. The smallest absolute Gasteiger partial charge is 0.259 e. The van der Waals surface area contributed by atoms with Crippen molar-refractivity contribution in [1.82, 2.24) is 10.1 Å². The molecule has 0 unspecified atom stereocenters. The zero-order valence-electron chi connectivity index (χ0n) is 9.96. The van der Waals surface area contributed by atoms with Gasteiger partial charge in [0, 0.05) is 4.47 Å². The van der Waals surface area contributed by atoms with Crippen molar-refractivity contribution >= 4 is 27.3 Å². The van der Waals surface area contributed by atoms with E-state index < -0.39 is 0 Å². The van der Waals surface area contributed by atoms with Crippen LogP contribution in [0.15, 0.2) is 44.7 Å². The highest BCUT2D eigenvalue weighted by atomic mass is 79.9. The molecule has 0 saturated heterocycles. The van der Waals surface area contributed by atoms with E-state index in [1.165, 1.54) is 0 Å². The SMILES string of the molecule is COc1ccc(Br)c(-c2nc(-c3cccs3)no2)c1. The summed E-state index contributed by atoms with van der Waals surface area (Å²) in [6.07, 6.45) is 0. The zero-order valence-corrected chi connectivity index (χ0v) is 12.4. The average molecular weight is 337 g/mol. The third-order valence-electron chi connectivity index (χ3n) is 2.57. The second-order valence-corrected chi connectivity index (χ2v) is 5.55. The minimum Gasteiger partial charge on any atom is -0.497 e. The first kappa shape index (κ1) is 12.4. The van der Waals surface area contributed by atoms with Crippen LogP contribution in [0.1, 0.15) is 0 Å². The number of benzene rings is 1. The number of hydrogen-bond donors (Lipinski definition) is 0. The maximum atomic E-state index is 5.31. The number of rotatable bonds is 3. The molecule has 0 bridgehead atoms. The lowest BCUT2D eigenvalue weighted by molar-refractivity contribution is 0.413. The summed E-state index contributed by atoms with van der Waals surface area (Å²) in [5, 5.41) is 5.97. The Bertz CT molecular complexity index is 694. The Hall–Kier alpha value is -1.66. The minimum absolute atomic E-state index is 0.467. The minimum atomic E-state index is 0.467. The molecule has 3 rings (SSSR count). The second kappa shape index (κ2) is 5.14. The number of hydrogen-bond acceptors (Lipinski definition) is 5. The maximum Gasteiger partial charge on any atom is 0.259 e. The maximum absolute atomic E-state index is 5.31. The fourth-order valence-corrected chi connectivity index (χ4v) is 2.70. The van der Waals surface area contributed by atoms with Gasteiger partial charge in [-0.05, 0) is 45.6 Å². The highest BCUT2D eigenvalue weighted by Crippen LogP contribution is 2.32. The summed E-state index contributed by atoms with van der Waals surface area (Å²) in [6, 6.07) is 9.53. The normalized spacial score (nSPS) is 10.6. The molecule has 1 aromatic carbocycles. The predicted octanol–water partition coefficient (Wildman–Crippen LogP) is 4.24. The molecule has 0 saturated carbocycles. The van der Waals surface area contributed by atoms with Crippen LogP contribution in [0.5, 0.6) is 5.75 Å². The van der Waals surface area contributed by atoms with E-state index in [9.17, 15) is 0 Å². The monoisotopic (exact) mass is 336 g/mol. The second-order valence-electron chi connectivity index (χ2n) is 3.75. The molecule has 0 aliphatic rings. The molecule has 0 fully saturated rings. The van der Waals surface area contributed by atoms with Gasteiger partial charge in [-0.25, -0.2) is 0 Å². The highest BCUT2D eigenvalue weighted by molar-refractivity contribution is 9.10. The highest BCUT2D eigenvalue weighted by Gasteiger charge is 2.14. The Balaban J connectivity index is 2.03. The van der Waals surface area contributed by atoms with Gasteiger partial charge >= 0.3 is 0 Å². The van der Waals surface area contributed by atoms with Crippen LogP contribution in [-0.4, -0.2) is 17.3 Å². The molecule has 2 heterocycles. The lowest BCUT2D eigenvalue weighted by Gasteiger charge is -2.02. The van der Waals surface area contributed by atoms with E-state index in [4.69, 9.17) is 9.26 Å². The predicted molar refractivity (Wildman–Crippen MR) is 77.3 cm³/mol. The fraction of sp³-hybridized carbons (Fsp3) is 0.0769. The van der Waals surface area contributed by atoms with Gasteiger partial charge < -0.3 is 9.26 Å². The molecule has 2 aromatic heterocycles. The molecule has 0 N–H and O–H groups in total. The molecule has 0 spiro atoms. The Morgan fingerprint density at radius 2 is 2.21 bits per heavy atom. The molecule has 3 aromatic rings. The summed E-state index contributed by atoms with van der Waals surface area (Å²) in [5.41, 5.74) is 0.814. The largest absolute Gasteiger partial charge is 0.497 e. The fourth-order valence-electron chi connectivity index (χ4n) is 1.63. The van der Waals surface area contributed by atoms with Crippen LogP contribution in [0.4, 0.5) is 0 Å². The van der Waals surface area contributed by atoms with E-state index in [0.717, 1.165) is 20.7 Å². The van der Waals surface area contributed by atoms with Crippen molar-refractivity contribution in [2.24, 2.45) is 0 Å². The van der Waals surface area contributed by atoms with E-state index in [0.29, 0.717) is 11.7 Å². The van der Waals surface area contributed by atoms with Crippen LogP contribution in [-0.2, 0) is 0 Å². The third kappa shape index (κ3) is 2.41. The Morgan fingerprint density at radius 1 is 1.32 bits per heavy atom. The van der Waals surface area contributed by atoms with Gasteiger partial charge in [0.2, 0.25) is 5.82 Å². The molecule has 19 heavy (non-hydrogen) atoms. The van der Waals surface area contributed by atoms with Gasteiger partial charge in [-0.2, -0.15) is 4.98 Å². The molecule has 0 atom stereocenters. The van der Waals surface area contributed by atoms with Crippen molar-refractivity contribution < 1.29 is 9.26 Å². The number of nitrogens with zero attached hydrogens (tertiary/aromatic N) is 2. The first-order chi connectivity index (χ1) is 9.28. The average Bonchev–Trinajstić information content (AvgIpc) is 3.10. The van der Waals surface area contributed by atoms with Crippen molar-refractivity contribution in [2.45, 2.75) is 0 Å². The number of halogens is 1. The molecule has 96 valence electrons. The van der Waals surface area contributed by atoms with Crippen molar-refractivity contribution in [3.63, 3.8) is 0 Å². The van der Waals surface area contributed by atoms with Crippen LogP contribution < -0.4 is 4.74 Å². The van der Waals surface area contributed by atoms with Crippen molar-refractivity contribution in [1.29, 1.82) is 0 Å². The van der Waals surface area contributed by atoms with Gasteiger partial charge in [0.25, 0.3) is 5.89 Å². The summed E-state index contributed by atoms with van der Waals surface area (Å²) in [4.78, 5) is 5.39. The van der Waals surface area contributed by atoms with Crippen molar-refractivity contribution in [2.75, 3.05) is 7.11 Å². The van der Waals surface area contributed by atoms with Gasteiger partial charge in [-0.3, -0.25) is 0 Å². The first-order valence-electron chi connectivity index (χ1n) is 5.49. The molecule has 0 radical (unpaired) electrons. The summed E-state index contributed by atoms with van der Waals surface area (Å²) >= 11 is 5.05. The van der Waals surface area contributed by atoms with Crippen LogP contribution in [0.3, 0.4) is 0 Å².